The van der Waals surface area contributed by atoms with E-state index in [1.54, 1.807) is 9.77 Å². The van der Waals surface area contributed by atoms with Crippen LogP contribution in [0.15, 0.2) is 44.9 Å². The highest BCUT2D eigenvalue weighted by Gasteiger charge is 2.36. The van der Waals surface area contributed by atoms with Crippen molar-refractivity contribution in [1.82, 2.24) is 0 Å². The zero-order valence-corrected chi connectivity index (χ0v) is 17.4. The van der Waals surface area contributed by atoms with Crippen LogP contribution < -0.4 is 0 Å². The Morgan fingerprint density at radius 2 is 1.95 bits per heavy atom. The summed E-state index contributed by atoms with van der Waals surface area (Å²) in [4.78, 5) is 3.14. The molecule has 104 valence electrons. The third-order valence-corrected chi connectivity index (χ3v) is 9.58. The van der Waals surface area contributed by atoms with Crippen LogP contribution in [0.25, 0.3) is 19.5 Å². The van der Waals surface area contributed by atoms with E-state index in [1.165, 1.54) is 26.6 Å². The van der Waals surface area contributed by atoms with Crippen LogP contribution in [0.5, 0.6) is 0 Å². The number of fused-ring (bicyclic) bond motifs is 7. The van der Waals surface area contributed by atoms with Gasteiger partial charge < -0.3 is 0 Å². The highest BCUT2D eigenvalue weighted by atomic mass is 127. The van der Waals surface area contributed by atoms with E-state index >= 15 is 0 Å². The molecule has 5 rings (SSSR count). The quantitative estimate of drug-likeness (QED) is 0.268. The Kier molecular flexibility index (Phi) is 3.27. The number of thiophene rings is 2. The standard InChI is InChI=1S/C16H8I2S3/c17-7-1-3-9-11(5-7)19-15-13(9)21-14-10-4-2-8(18)6-12(10)20-16(14)15/h1-6,9,11H. The second-order valence-corrected chi connectivity index (χ2v) is 11.0. The van der Waals surface area contributed by atoms with Crippen molar-refractivity contribution in [3.8, 4) is 0 Å². The minimum atomic E-state index is 0.590. The van der Waals surface area contributed by atoms with E-state index in [2.05, 4.69) is 93.4 Å². The van der Waals surface area contributed by atoms with Crippen LogP contribution in [0.4, 0.5) is 0 Å². The maximum Gasteiger partial charge on any atom is 0.0602 e. The van der Waals surface area contributed by atoms with Gasteiger partial charge in [-0.1, -0.05) is 24.3 Å². The van der Waals surface area contributed by atoms with Gasteiger partial charge in [-0.05, 0) is 57.3 Å². The van der Waals surface area contributed by atoms with E-state index in [1.807, 2.05) is 22.7 Å². The lowest BCUT2D eigenvalue weighted by Crippen LogP contribution is -2.07. The van der Waals surface area contributed by atoms with Crippen molar-refractivity contribution in [2.75, 3.05) is 0 Å². The summed E-state index contributed by atoms with van der Waals surface area (Å²) in [6, 6.07) is 6.83. The van der Waals surface area contributed by atoms with Gasteiger partial charge >= 0.3 is 0 Å². The molecular weight excluding hydrogens is 542 g/mol. The Morgan fingerprint density at radius 1 is 1.05 bits per heavy atom. The van der Waals surface area contributed by atoms with Crippen LogP contribution >= 0.6 is 79.6 Å². The van der Waals surface area contributed by atoms with Crippen LogP contribution in [0.1, 0.15) is 10.8 Å². The molecule has 0 saturated heterocycles. The minimum absolute atomic E-state index is 0.590. The normalized spacial score (nSPS) is 23.6. The van der Waals surface area contributed by atoms with Crippen LogP contribution in [0.3, 0.4) is 0 Å². The first kappa shape index (κ1) is 13.8. The molecule has 1 aromatic carbocycles. The summed E-state index contributed by atoms with van der Waals surface area (Å²) in [5.41, 5.74) is 0. The number of hydrogen-bond acceptors (Lipinski definition) is 3. The van der Waals surface area contributed by atoms with Gasteiger partial charge in [0.25, 0.3) is 0 Å². The van der Waals surface area contributed by atoms with Crippen LogP contribution in [0, 0.1) is 3.57 Å². The topological polar surface area (TPSA) is 0 Å². The lowest BCUT2D eigenvalue weighted by molar-refractivity contribution is 0.904. The zero-order valence-electron chi connectivity index (χ0n) is 10.6. The summed E-state index contributed by atoms with van der Waals surface area (Å²) in [6.07, 6.45) is 7.09. The molecule has 0 nitrogen and oxygen atoms in total. The number of rotatable bonds is 0. The molecule has 0 spiro atoms. The van der Waals surface area contributed by atoms with Crippen molar-refractivity contribution in [2.24, 2.45) is 0 Å². The van der Waals surface area contributed by atoms with E-state index in [-0.39, 0.29) is 0 Å². The first-order valence-electron chi connectivity index (χ1n) is 6.57. The van der Waals surface area contributed by atoms with Crippen LogP contribution in [-0.4, -0.2) is 5.25 Å². The molecule has 3 aromatic rings. The Bertz CT molecular complexity index is 961. The molecule has 0 bridgehead atoms. The van der Waals surface area contributed by atoms with E-state index < -0.39 is 0 Å². The third-order valence-electron chi connectivity index (χ3n) is 3.95. The monoisotopic (exact) mass is 550 g/mol. The van der Waals surface area contributed by atoms with Gasteiger partial charge in [0, 0.05) is 38.2 Å². The third kappa shape index (κ3) is 2.03. The second kappa shape index (κ2) is 4.96. The summed E-state index contributed by atoms with van der Waals surface area (Å²) in [6.45, 7) is 0. The van der Waals surface area contributed by atoms with Gasteiger partial charge in [-0.3, -0.25) is 0 Å². The van der Waals surface area contributed by atoms with Gasteiger partial charge in [0.15, 0.2) is 0 Å². The first-order valence-corrected chi connectivity index (χ1v) is 11.2. The largest absolute Gasteiger partial charge is 0.137 e. The molecule has 2 aliphatic rings. The minimum Gasteiger partial charge on any atom is -0.137 e. The molecule has 3 heterocycles. The van der Waals surface area contributed by atoms with E-state index in [0.717, 1.165) is 0 Å². The highest BCUT2D eigenvalue weighted by molar-refractivity contribution is 14.1. The zero-order chi connectivity index (χ0) is 14.1. The smallest absolute Gasteiger partial charge is 0.0602 e. The molecule has 2 unspecified atom stereocenters. The number of thioether (sulfide) groups is 1. The molecule has 1 aliphatic heterocycles. The van der Waals surface area contributed by atoms with E-state index in [4.69, 9.17) is 0 Å². The van der Waals surface area contributed by atoms with Crippen LogP contribution in [0.2, 0.25) is 0 Å². The summed E-state index contributed by atoms with van der Waals surface area (Å²) in [5, 5.41) is 2.05. The fourth-order valence-electron chi connectivity index (χ4n) is 3.00. The summed E-state index contributed by atoms with van der Waals surface area (Å²) >= 11 is 10.9. The lowest BCUT2D eigenvalue weighted by atomic mass is 9.99. The van der Waals surface area contributed by atoms with E-state index in [0.29, 0.717) is 11.2 Å². The van der Waals surface area contributed by atoms with E-state index in [9.17, 15) is 0 Å². The number of allylic oxidation sites excluding steroid dienone is 3. The Hall–Kier alpha value is 0.430. The van der Waals surface area contributed by atoms with Gasteiger partial charge in [-0.2, -0.15) is 0 Å². The van der Waals surface area contributed by atoms with Crippen molar-refractivity contribution >= 4 is 99.1 Å². The Labute approximate surface area is 162 Å². The second-order valence-electron chi connectivity index (χ2n) is 5.22. The summed E-state index contributed by atoms with van der Waals surface area (Å²) < 4.78 is 7.15. The number of benzene rings is 1. The van der Waals surface area contributed by atoms with Crippen molar-refractivity contribution < 1.29 is 0 Å². The fraction of sp³-hybridized carbons (Fsp3) is 0.125. The van der Waals surface area contributed by atoms with Crippen molar-refractivity contribution in [1.29, 1.82) is 0 Å². The maximum absolute atomic E-state index is 2.43. The molecule has 0 N–H and O–H groups in total. The maximum atomic E-state index is 2.43. The predicted octanol–water partition coefficient (Wildman–Crippen LogP) is 7.17. The highest BCUT2D eigenvalue weighted by Crippen LogP contribution is 2.58. The number of hydrogen-bond donors (Lipinski definition) is 0. The van der Waals surface area contributed by atoms with Gasteiger partial charge in [-0.25, -0.2) is 0 Å². The molecule has 1 aliphatic carbocycles. The summed E-state index contributed by atoms with van der Waals surface area (Å²) in [7, 11) is 0. The Morgan fingerprint density at radius 3 is 2.86 bits per heavy atom. The first-order chi connectivity index (χ1) is 10.2. The molecule has 2 aromatic heterocycles. The van der Waals surface area contributed by atoms with Gasteiger partial charge in [-0.15, -0.1) is 34.4 Å². The van der Waals surface area contributed by atoms with Gasteiger partial charge in [0.2, 0.25) is 0 Å². The molecule has 2 atom stereocenters. The van der Waals surface area contributed by atoms with Gasteiger partial charge in [0.05, 0.1) is 9.40 Å². The van der Waals surface area contributed by atoms with Crippen LogP contribution in [-0.2, 0) is 0 Å². The van der Waals surface area contributed by atoms with Crippen molar-refractivity contribution in [3.63, 3.8) is 0 Å². The molecule has 0 saturated carbocycles. The molecule has 0 amide bonds. The number of halogens is 2. The molecule has 0 fully saturated rings. The SMILES string of the molecule is IC1=CC2Sc3c(sc4c3sc3cc(I)ccc34)C2C=C1. The van der Waals surface area contributed by atoms with Gasteiger partial charge in [0.1, 0.15) is 0 Å². The molecule has 21 heavy (non-hydrogen) atoms. The molecular formula is C16H8I2S3. The lowest BCUT2D eigenvalue weighted by Gasteiger charge is -2.15. The average molecular weight is 550 g/mol. The summed E-state index contributed by atoms with van der Waals surface area (Å²) in [5.74, 6) is 0.590. The fourth-order valence-corrected chi connectivity index (χ4v) is 9.28. The molecule has 5 heteroatoms. The van der Waals surface area contributed by atoms with Crippen molar-refractivity contribution in [3.05, 3.63) is 48.5 Å². The predicted molar refractivity (Wildman–Crippen MR) is 114 cm³/mol. The Balaban J connectivity index is 1.77. The average Bonchev–Trinajstić information content (AvgIpc) is 3.06. The van der Waals surface area contributed by atoms with Crippen molar-refractivity contribution in [2.45, 2.75) is 16.1 Å². The molecule has 0 radical (unpaired) electrons.